The van der Waals surface area contributed by atoms with E-state index in [9.17, 15) is 9.59 Å². The molecule has 0 spiro atoms. The molecule has 0 saturated carbocycles. The van der Waals surface area contributed by atoms with Crippen molar-refractivity contribution in [3.8, 4) is 5.75 Å². The first kappa shape index (κ1) is 12.3. The third kappa shape index (κ3) is 2.42. The van der Waals surface area contributed by atoms with Gasteiger partial charge in [0.1, 0.15) is 13.6 Å². The summed E-state index contributed by atoms with van der Waals surface area (Å²) in [6.07, 6.45) is 0.362. The van der Waals surface area contributed by atoms with Crippen molar-refractivity contribution in [2.75, 3.05) is 14.2 Å². The van der Waals surface area contributed by atoms with Crippen LogP contribution in [0.5, 0.6) is 5.75 Å². The number of ether oxygens (including phenoxy) is 2. The molecule has 5 heteroatoms. The van der Waals surface area contributed by atoms with E-state index in [1.807, 2.05) is 0 Å². The Morgan fingerprint density at radius 2 is 2.00 bits per heavy atom. The van der Waals surface area contributed by atoms with E-state index in [1.165, 1.54) is 20.3 Å². The van der Waals surface area contributed by atoms with E-state index in [2.05, 4.69) is 4.74 Å². The highest BCUT2D eigenvalue weighted by atomic mass is 16.5. The number of ketones is 1. The van der Waals surface area contributed by atoms with Crippen LogP contribution < -0.4 is 4.74 Å². The first-order valence-electron chi connectivity index (χ1n) is 4.93. The van der Waals surface area contributed by atoms with Crippen LogP contribution in [0.3, 0.4) is 0 Å². The molecule has 0 saturated heterocycles. The van der Waals surface area contributed by atoms with Crippen molar-refractivity contribution in [1.29, 1.82) is 0 Å². The van der Waals surface area contributed by atoms with Gasteiger partial charge >= 0.3 is 5.97 Å². The summed E-state index contributed by atoms with van der Waals surface area (Å²) in [5, 5.41) is 0. The molecule has 4 nitrogen and oxygen atoms in total. The Balaban J connectivity index is 3.21. The molecule has 0 N–H and O–H groups in total. The molecule has 0 unspecified atom stereocenters. The van der Waals surface area contributed by atoms with Crippen molar-refractivity contribution in [2.45, 2.75) is 6.32 Å². The number of hydrogen-bond donors (Lipinski definition) is 0. The van der Waals surface area contributed by atoms with Crippen LogP contribution in [0, 0.1) is 0 Å². The molecule has 0 radical (unpaired) electrons. The normalized spacial score (nSPS) is 9.62. The summed E-state index contributed by atoms with van der Waals surface area (Å²) in [5.74, 6) is -0.0603. The lowest BCUT2D eigenvalue weighted by atomic mass is 9.94. The fourth-order valence-corrected chi connectivity index (χ4v) is 1.36. The number of carbonyl (C=O) groups is 2. The molecular formula is C11H13BO4. The Bertz CT molecular complexity index is 414. The van der Waals surface area contributed by atoms with Crippen molar-refractivity contribution in [1.82, 2.24) is 0 Å². The summed E-state index contributed by atoms with van der Waals surface area (Å²) in [6, 6.07) is 4.66. The van der Waals surface area contributed by atoms with E-state index in [0.717, 1.165) is 0 Å². The zero-order valence-electron chi connectivity index (χ0n) is 9.57. The second kappa shape index (κ2) is 5.35. The minimum Gasteiger partial charge on any atom is -0.496 e. The number of benzene rings is 1. The lowest BCUT2D eigenvalue weighted by Gasteiger charge is -2.08. The highest BCUT2D eigenvalue weighted by Gasteiger charge is 2.14. The molecule has 0 aliphatic carbocycles. The Morgan fingerprint density at radius 1 is 1.31 bits per heavy atom. The summed E-state index contributed by atoms with van der Waals surface area (Å²) in [4.78, 5) is 22.9. The van der Waals surface area contributed by atoms with Gasteiger partial charge in [-0.3, -0.25) is 4.79 Å². The maximum atomic E-state index is 11.6. The van der Waals surface area contributed by atoms with Gasteiger partial charge in [0.2, 0.25) is 0 Å². The topological polar surface area (TPSA) is 52.6 Å². The maximum Gasteiger partial charge on any atom is 0.337 e. The molecule has 0 fully saturated rings. The van der Waals surface area contributed by atoms with Gasteiger partial charge in [0, 0.05) is 0 Å². The lowest BCUT2D eigenvalue weighted by Crippen LogP contribution is -2.06. The Labute approximate surface area is 95.0 Å². The van der Waals surface area contributed by atoms with E-state index in [4.69, 9.17) is 4.74 Å². The van der Waals surface area contributed by atoms with E-state index in [1.54, 1.807) is 20.0 Å². The van der Waals surface area contributed by atoms with Crippen molar-refractivity contribution >= 4 is 19.6 Å². The van der Waals surface area contributed by atoms with Crippen molar-refractivity contribution in [3.05, 3.63) is 29.3 Å². The molecular weight excluding hydrogens is 207 g/mol. The Hall–Kier alpha value is -1.78. The predicted molar refractivity (Wildman–Crippen MR) is 62.0 cm³/mol. The Kier molecular flexibility index (Phi) is 4.11. The second-order valence-electron chi connectivity index (χ2n) is 3.18. The average molecular weight is 220 g/mol. The van der Waals surface area contributed by atoms with Crippen molar-refractivity contribution in [3.63, 3.8) is 0 Å². The zero-order chi connectivity index (χ0) is 12.1. The molecule has 0 aromatic heterocycles. The minimum absolute atomic E-state index is 0.0670. The van der Waals surface area contributed by atoms with Gasteiger partial charge in [-0.05, 0) is 24.5 Å². The number of methoxy groups -OCH3 is 2. The third-order valence-electron chi connectivity index (χ3n) is 2.24. The van der Waals surface area contributed by atoms with Crippen molar-refractivity contribution < 1.29 is 19.1 Å². The predicted octanol–water partition coefficient (Wildman–Crippen LogP) is 0.716. The van der Waals surface area contributed by atoms with Crippen LogP contribution in [0.4, 0.5) is 0 Å². The molecule has 16 heavy (non-hydrogen) atoms. The smallest absolute Gasteiger partial charge is 0.337 e. The second-order valence-corrected chi connectivity index (χ2v) is 3.18. The maximum absolute atomic E-state index is 11.6. The molecule has 1 aromatic carbocycles. The molecule has 0 amide bonds. The monoisotopic (exact) mass is 220 g/mol. The van der Waals surface area contributed by atoms with Crippen LogP contribution in [0.2, 0.25) is 6.32 Å². The average Bonchev–Trinajstić information content (AvgIpc) is 2.35. The minimum atomic E-state index is -0.465. The van der Waals surface area contributed by atoms with Gasteiger partial charge in [-0.25, -0.2) is 4.79 Å². The number of Topliss-reactive ketones (excluding diaryl/α,β-unsaturated/α-hetero) is 1. The van der Waals surface area contributed by atoms with Crippen LogP contribution in [0.1, 0.15) is 20.7 Å². The van der Waals surface area contributed by atoms with E-state index >= 15 is 0 Å². The van der Waals surface area contributed by atoms with Crippen LogP contribution >= 0.6 is 0 Å². The van der Waals surface area contributed by atoms with Gasteiger partial charge in [0.05, 0.1) is 25.3 Å². The molecule has 0 atom stereocenters. The van der Waals surface area contributed by atoms with Crippen LogP contribution in [0.25, 0.3) is 0 Å². The number of carbonyl (C=O) groups excluding carboxylic acids is 2. The fourth-order valence-electron chi connectivity index (χ4n) is 1.36. The fraction of sp³-hybridized carbons (Fsp3) is 0.273. The first-order valence-corrected chi connectivity index (χ1v) is 4.93. The molecule has 0 heterocycles. The zero-order valence-corrected chi connectivity index (χ0v) is 9.57. The molecule has 0 bridgehead atoms. The van der Waals surface area contributed by atoms with Gasteiger partial charge in [0.25, 0.3) is 0 Å². The summed E-state index contributed by atoms with van der Waals surface area (Å²) >= 11 is 0. The van der Waals surface area contributed by atoms with Gasteiger partial charge in [-0.2, -0.15) is 0 Å². The number of hydrogen-bond acceptors (Lipinski definition) is 4. The van der Waals surface area contributed by atoms with Gasteiger partial charge in [0.15, 0.2) is 5.78 Å². The van der Waals surface area contributed by atoms with Crippen LogP contribution in [-0.2, 0) is 4.74 Å². The summed E-state index contributed by atoms with van der Waals surface area (Å²) < 4.78 is 9.65. The molecule has 0 aliphatic heterocycles. The first-order chi connectivity index (χ1) is 7.63. The Morgan fingerprint density at radius 3 is 2.50 bits per heavy atom. The van der Waals surface area contributed by atoms with Crippen molar-refractivity contribution in [2.24, 2.45) is 0 Å². The SMILES string of the molecule is BCC(=O)c1cc(C(=O)OC)ccc1OC. The van der Waals surface area contributed by atoms with Crippen LogP contribution in [-0.4, -0.2) is 33.8 Å². The van der Waals surface area contributed by atoms with Gasteiger partial charge < -0.3 is 9.47 Å². The summed E-state index contributed by atoms with van der Waals surface area (Å²) in [5.41, 5.74) is 0.757. The largest absolute Gasteiger partial charge is 0.496 e. The molecule has 1 aromatic rings. The molecule has 0 aliphatic rings. The van der Waals surface area contributed by atoms with E-state index in [-0.39, 0.29) is 5.78 Å². The summed E-state index contributed by atoms with van der Waals surface area (Å²) in [6.45, 7) is 0. The van der Waals surface area contributed by atoms with E-state index < -0.39 is 5.97 Å². The highest BCUT2D eigenvalue weighted by Crippen LogP contribution is 2.21. The van der Waals surface area contributed by atoms with Gasteiger partial charge in [-0.15, -0.1) is 0 Å². The van der Waals surface area contributed by atoms with Crippen LogP contribution in [0.15, 0.2) is 18.2 Å². The number of rotatable bonds is 4. The standard InChI is InChI=1S/C11H13BO4/c1-15-10-4-3-7(11(14)16-2)5-8(10)9(13)6-12/h3-5H,6,12H2,1-2H3. The van der Waals surface area contributed by atoms with Gasteiger partial charge in [-0.1, -0.05) is 0 Å². The highest BCUT2D eigenvalue weighted by molar-refractivity contribution is 6.24. The van der Waals surface area contributed by atoms with E-state index in [0.29, 0.717) is 23.2 Å². The third-order valence-corrected chi connectivity index (χ3v) is 2.24. The quantitative estimate of drug-likeness (QED) is 0.426. The molecule has 1 rings (SSSR count). The lowest BCUT2D eigenvalue weighted by molar-refractivity contribution is 0.0600. The summed E-state index contributed by atoms with van der Waals surface area (Å²) in [7, 11) is 4.54. The molecule has 84 valence electrons. The number of esters is 1.